The summed E-state index contributed by atoms with van der Waals surface area (Å²) in [6.07, 6.45) is 6.11. The van der Waals surface area contributed by atoms with E-state index in [2.05, 4.69) is 10.8 Å². The number of hydrogen-bond donors (Lipinski definition) is 1. The summed E-state index contributed by atoms with van der Waals surface area (Å²) < 4.78 is 0. The van der Waals surface area contributed by atoms with Gasteiger partial charge in [-0.25, -0.2) is 0 Å². The van der Waals surface area contributed by atoms with Gasteiger partial charge >= 0.3 is 0 Å². The van der Waals surface area contributed by atoms with E-state index in [1.165, 1.54) is 0 Å². The van der Waals surface area contributed by atoms with Crippen molar-refractivity contribution < 1.29 is 4.79 Å². The average Bonchev–Trinajstić information content (AvgIpc) is 2.96. The standard InChI is InChI=1S/C11H17N3O/c1-2-3-13-4-6-14(7-5-13)11(15)9-8-10(9)12/h1,9-10H,3-8,12H2. The van der Waals surface area contributed by atoms with Crippen LogP contribution in [0.5, 0.6) is 0 Å². The van der Waals surface area contributed by atoms with Crippen molar-refractivity contribution in [3.8, 4) is 12.3 Å². The maximum Gasteiger partial charge on any atom is 0.227 e. The number of nitrogens with zero attached hydrogens (tertiary/aromatic N) is 2. The molecule has 2 N–H and O–H groups in total. The lowest BCUT2D eigenvalue weighted by Crippen LogP contribution is -2.49. The van der Waals surface area contributed by atoms with Gasteiger partial charge in [-0.3, -0.25) is 9.69 Å². The van der Waals surface area contributed by atoms with E-state index in [0.717, 1.165) is 32.6 Å². The Hall–Kier alpha value is -1.05. The second-order valence-electron chi connectivity index (χ2n) is 4.31. The van der Waals surface area contributed by atoms with E-state index in [1.54, 1.807) is 0 Å². The molecule has 1 saturated heterocycles. The van der Waals surface area contributed by atoms with Crippen LogP contribution in [-0.4, -0.2) is 54.5 Å². The molecule has 1 aliphatic heterocycles. The lowest BCUT2D eigenvalue weighted by molar-refractivity contribution is -0.134. The van der Waals surface area contributed by atoms with E-state index in [1.807, 2.05) is 4.90 Å². The topological polar surface area (TPSA) is 49.6 Å². The van der Waals surface area contributed by atoms with Crippen molar-refractivity contribution in [1.29, 1.82) is 0 Å². The number of carbonyl (C=O) groups is 1. The Morgan fingerprint density at radius 3 is 2.47 bits per heavy atom. The van der Waals surface area contributed by atoms with E-state index < -0.39 is 0 Å². The third kappa shape index (κ3) is 2.31. The van der Waals surface area contributed by atoms with Crippen molar-refractivity contribution in [3.63, 3.8) is 0 Å². The van der Waals surface area contributed by atoms with E-state index in [9.17, 15) is 4.79 Å². The van der Waals surface area contributed by atoms with Crippen LogP contribution in [0.2, 0.25) is 0 Å². The molecule has 1 aliphatic carbocycles. The van der Waals surface area contributed by atoms with Gasteiger partial charge in [0.1, 0.15) is 0 Å². The fourth-order valence-electron chi connectivity index (χ4n) is 1.99. The maximum absolute atomic E-state index is 11.8. The quantitative estimate of drug-likeness (QED) is 0.598. The summed E-state index contributed by atoms with van der Waals surface area (Å²) in [6, 6.07) is 0.112. The molecule has 2 rings (SSSR count). The fourth-order valence-corrected chi connectivity index (χ4v) is 1.99. The van der Waals surface area contributed by atoms with Gasteiger partial charge in [-0.05, 0) is 6.42 Å². The number of carbonyl (C=O) groups excluding carboxylic acids is 1. The zero-order valence-corrected chi connectivity index (χ0v) is 8.85. The van der Waals surface area contributed by atoms with Gasteiger partial charge in [-0.15, -0.1) is 6.42 Å². The second-order valence-corrected chi connectivity index (χ2v) is 4.31. The van der Waals surface area contributed by atoms with Crippen LogP contribution in [0.4, 0.5) is 0 Å². The van der Waals surface area contributed by atoms with Crippen LogP contribution in [-0.2, 0) is 4.79 Å². The van der Waals surface area contributed by atoms with Crippen LogP contribution in [0.1, 0.15) is 6.42 Å². The summed E-state index contributed by atoms with van der Waals surface area (Å²) in [5.41, 5.74) is 5.66. The molecule has 0 bridgehead atoms. The van der Waals surface area contributed by atoms with Gasteiger partial charge in [0.15, 0.2) is 0 Å². The van der Waals surface area contributed by atoms with Gasteiger partial charge in [0.05, 0.1) is 12.5 Å². The van der Waals surface area contributed by atoms with Crippen molar-refractivity contribution in [2.75, 3.05) is 32.7 Å². The number of amides is 1. The third-order valence-corrected chi connectivity index (χ3v) is 3.16. The molecule has 1 heterocycles. The first-order valence-corrected chi connectivity index (χ1v) is 5.42. The lowest BCUT2D eigenvalue weighted by Gasteiger charge is -2.33. The second kappa shape index (κ2) is 4.21. The highest BCUT2D eigenvalue weighted by molar-refractivity contribution is 5.82. The Kier molecular flexibility index (Phi) is 2.94. The van der Waals surface area contributed by atoms with Gasteiger partial charge in [0, 0.05) is 32.2 Å². The predicted octanol–water partition coefficient (Wildman–Crippen LogP) is -0.889. The van der Waals surface area contributed by atoms with E-state index >= 15 is 0 Å². The highest BCUT2D eigenvalue weighted by Crippen LogP contribution is 2.30. The molecule has 4 nitrogen and oxygen atoms in total. The third-order valence-electron chi connectivity index (χ3n) is 3.16. The van der Waals surface area contributed by atoms with E-state index in [0.29, 0.717) is 6.54 Å². The molecule has 2 atom stereocenters. The molecule has 4 heteroatoms. The monoisotopic (exact) mass is 207 g/mol. The molecular weight excluding hydrogens is 190 g/mol. The fraction of sp³-hybridized carbons (Fsp3) is 0.727. The minimum Gasteiger partial charge on any atom is -0.340 e. The normalized spacial score (nSPS) is 31.1. The lowest BCUT2D eigenvalue weighted by atomic mass is 10.2. The molecule has 1 amide bonds. The van der Waals surface area contributed by atoms with Crippen molar-refractivity contribution in [1.82, 2.24) is 9.80 Å². The van der Waals surface area contributed by atoms with Gasteiger partial charge < -0.3 is 10.6 Å². The van der Waals surface area contributed by atoms with Gasteiger partial charge in [-0.1, -0.05) is 5.92 Å². The summed E-state index contributed by atoms with van der Waals surface area (Å²) in [5.74, 6) is 2.97. The summed E-state index contributed by atoms with van der Waals surface area (Å²) in [6.45, 7) is 4.05. The van der Waals surface area contributed by atoms with Crippen molar-refractivity contribution >= 4 is 5.91 Å². The van der Waals surface area contributed by atoms with Crippen LogP contribution < -0.4 is 5.73 Å². The highest BCUT2D eigenvalue weighted by atomic mass is 16.2. The number of piperazine rings is 1. The van der Waals surface area contributed by atoms with Gasteiger partial charge in [-0.2, -0.15) is 0 Å². The summed E-state index contributed by atoms with van der Waals surface area (Å²) in [4.78, 5) is 15.9. The van der Waals surface area contributed by atoms with Gasteiger partial charge in [0.25, 0.3) is 0 Å². The zero-order valence-electron chi connectivity index (χ0n) is 8.85. The Morgan fingerprint density at radius 2 is 2.00 bits per heavy atom. The van der Waals surface area contributed by atoms with Crippen molar-refractivity contribution in [2.45, 2.75) is 12.5 Å². The molecule has 0 aromatic carbocycles. The SMILES string of the molecule is C#CCN1CCN(C(=O)C2CC2N)CC1. The number of rotatable bonds is 2. The first-order valence-electron chi connectivity index (χ1n) is 5.42. The van der Waals surface area contributed by atoms with Crippen molar-refractivity contribution in [2.24, 2.45) is 11.7 Å². The minimum atomic E-state index is 0.101. The molecule has 2 aliphatic rings. The zero-order chi connectivity index (χ0) is 10.8. The predicted molar refractivity (Wildman–Crippen MR) is 57.9 cm³/mol. The molecular formula is C11H17N3O. The summed E-state index contributed by atoms with van der Waals surface area (Å²) in [5, 5.41) is 0. The molecule has 2 fully saturated rings. The molecule has 0 aromatic heterocycles. The van der Waals surface area contributed by atoms with Crippen LogP contribution >= 0.6 is 0 Å². The van der Waals surface area contributed by atoms with Crippen LogP contribution in [0, 0.1) is 18.3 Å². The van der Waals surface area contributed by atoms with Crippen LogP contribution in [0.3, 0.4) is 0 Å². The first-order chi connectivity index (χ1) is 7.22. The number of nitrogens with two attached hydrogens (primary N) is 1. The Labute approximate surface area is 90.4 Å². The van der Waals surface area contributed by atoms with Gasteiger partial charge in [0.2, 0.25) is 5.91 Å². The molecule has 0 aromatic rings. The van der Waals surface area contributed by atoms with Crippen LogP contribution in [0.15, 0.2) is 0 Å². The smallest absolute Gasteiger partial charge is 0.227 e. The molecule has 15 heavy (non-hydrogen) atoms. The Morgan fingerprint density at radius 1 is 1.40 bits per heavy atom. The molecule has 2 unspecified atom stereocenters. The number of hydrogen-bond acceptors (Lipinski definition) is 3. The van der Waals surface area contributed by atoms with Crippen molar-refractivity contribution in [3.05, 3.63) is 0 Å². The summed E-state index contributed by atoms with van der Waals surface area (Å²) >= 11 is 0. The summed E-state index contributed by atoms with van der Waals surface area (Å²) in [7, 11) is 0. The average molecular weight is 207 g/mol. The Balaban J connectivity index is 1.78. The van der Waals surface area contributed by atoms with Crippen LogP contribution in [0.25, 0.3) is 0 Å². The van der Waals surface area contributed by atoms with E-state index in [-0.39, 0.29) is 17.9 Å². The maximum atomic E-state index is 11.8. The first kappa shape index (κ1) is 10.5. The highest BCUT2D eigenvalue weighted by Gasteiger charge is 2.42. The molecule has 0 radical (unpaired) electrons. The largest absolute Gasteiger partial charge is 0.340 e. The Bertz CT molecular complexity index is 289. The number of terminal acetylenes is 1. The minimum absolute atomic E-state index is 0.101. The van der Waals surface area contributed by atoms with E-state index in [4.69, 9.17) is 12.2 Å². The molecule has 0 spiro atoms. The molecule has 1 saturated carbocycles. The molecule has 82 valence electrons.